The quantitative estimate of drug-likeness (QED) is 0.412. The summed E-state index contributed by atoms with van der Waals surface area (Å²) < 4.78 is 3.13. The highest BCUT2D eigenvalue weighted by Crippen LogP contribution is 2.20. The molecule has 0 atom stereocenters. The van der Waals surface area contributed by atoms with E-state index < -0.39 is 0 Å². The maximum Gasteiger partial charge on any atom is 0.259 e. The van der Waals surface area contributed by atoms with Crippen molar-refractivity contribution >= 4 is 11.6 Å². The summed E-state index contributed by atoms with van der Waals surface area (Å²) in [6, 6.07) is 22.6. The van der Waals surface area contributed by atoms with Crippen molar-refractivity contribution < 1.29 is 4.79 Å². The van der Waals surface area contributed by atoms with E-state index >= 15 is 0 Å². The first kappa shape index (κ1) is 18.7. The van der Waals surface area contributed by atoms with E-state index in [4.69, 9.17) is 0 Å². The molecule has 5 rings (SSSR count). The summed E-state index contributed by atoms with van der Waals surface area (Å²) in [7, 11) is 0. The molecule has 0 saturated carbocycles. The molecule has 6 heteroatoms. The van der Waals surface area contributed by atoms with E-state index in [0.29, 0.717) is 17.0 Å². The highest BCUT2D eigenvalue weighted by Gasteiger charge is 2.13. The number of pyridine rings is 1. The molecule has 0 N–H and O–H groups in total. The number of hydrogen-bond acceptors (Lipinski definition) is 4. The molecule has 0 saturated heterocycles. The molecule has 3 aromatic heterocycles. The fourth-order valence-corrected chi connectivity index (χ4v) is 3.55. The molecule has 2 aromatic carbocycles. The molecule has 0 aliphatic rings. The van der Waals surface area contributed by atoms with Crippen LogP contribution in [0.5, 0.6) is 0 Å². The molecule has 5 aromatic rings. The molecule has 0 radical (unpaired) electrons. The number of hydrogen-bond donors (Lipinski definition) is 0. The van der Waals surface area contributed by atoms with Gasteiger partial charge in [0.1, 0.15) is 0 Å². The van der Waals surface area contributed by atoms with Crippen LogP contribution in [-0.4, -0.2) is 24.7 Å². The van der Waals surface area contributed by atoms with Gasteiger partial charge in [0.25, 0.3) is 5.56 Å². The molecule has 0 unspecified atom stereocenters. The van der Waals surface area contributed by atoms with Crippen molar-refractivity contribution in [3.63, 3.8) is 0 Å². The van der Waals surface area contributed by atoms with Crippen LogP contribution in [0.2, 0.25) is 0 Å². The Hall–Kier alpha value is -4.32. The smallest absolute Gasteiger partial charge is 0.259 e. The number of rotatable bonds is 5. The molecular weight excluding hydrogens is 388 g/mol. The third-order valence-electron chi connectivity index (χ3n) is 5.19. The molecule has 6 nitrogen and oxygen atoms in total. The highest BCUT2D eigenvalue weighted by atomic mass is 16.1. The zero-order valence-electron chi connectivity index (χ0n) is 16.6. The van der Waals surface area contributed by atoms with Gasteiger partial charge < -0.3 is 4.57 Å². The Morgan fingerprint density at radius 1 is 0.806 bits per heavy atom. The Balaban J connectivity index is 1.44. The zero-order chi connectivity index (χ0) is 21.2. The van der Waals surface area contributed by atoms with Crippen LogP contribution in [0.25, 0.3) is 28.2 Å². The van der Waals surface area contributed by atoms with Crippen molar-refractivity contribution in [3.05, 3.63) is 114 Å². The van der Waals surface area contributed by atoms with Gasteiger partial charge in [0.15, 0.2) is 5.78 Å². The van der Waals surface area contributed by atoms with Crippen LogP contribution < -0.4 is 5.56 Å². The Morgan fingerprint density at radius 3 is 2.26 bits per heavy atom. The van der Waals surface area contributed by atoms with Crippen LogP contribution in [0, 0.1) is 0 Å². The summed E-state index contributed by atoms with van der Waals surface area (Å²) in [4.78, 5) is 34.0. The van der Waals surface area contributed by atoms with E-state index in [1.165, 1.54) is 10.5 Å². The number of Topliss-reactive ketones (excluding diaryl/α,β-unsaturated/α-hetero) is 1. The molecule has 0 amide bonds. The van der Waals surface area contributed by atoms with E-state index in [0.717, 1.165) is 16.7 Å². The monoisotopic (exact) mass is 406 g/mol. The minimum Gasteiger partial charge on any atom is -0.309 e. The standard InChI is InChI=1S/C25H18N4O2/c30-23(21-8-6-19(7-9-21)18-4-2-1-3-5-18)17-28-14-15-29-24(31)16-22(27-25(28)29)20-10-12-26-13-11-20/h1-16H,17H2. The second-order valence-electron chi connectivity index (χ2n) is 7.18. The molecule has 0 spiro atoms. The lowest BCUT2D eigenvalue weighted by molar-refractivity contribution is 0.0973. The number of ketones is 1. The van der Waals surface area contributed by atoms with Gasteiger partial charge >= 0.3 is 0 Å². The lowest BCUT2D eigenvalue weighted by Gasteiger charge is -2.07. The fraction of sp³-hybridized carbons (Fsp3) is 0.0400. The normalized spacial score (nSPS) is 11.0. The number of imidazole rings is 1. The minimum atomic E-state index is -0.199. The van der Waals surface area contributed by atoms with Crippen molar-refractivity contribution in [1.29, 1.82) is 0 Å². The molecule has 0 bridgehead atoms. The summed E-state index contributed by atoms with van der Waals surface area (Å²) in [6.45, 7) is 0.0907. The third-order valence-corrected chi connectivity index (χ3v) is 5.19. The van der Waals surface area contributed by atoms with Crippen molar-refractivity contribution in [2.45, 2.75) is 6.54 Å². The van der Waals surface area contributed by atoms with Gasteiger partial charge in [-0.15, -0.1) is 0 Å². The zero-order valence-corrected chi connectivity index (χ0v) is 16.6. The van der Waals surface area contributed by atoms with Crippen molar-refractivity contribution in [3.8, 4) is 22.4 Å². The van der Waals surface area contributed by atoms with E-state index in [9.17, 15) is 9.59 Å². The molecule has 3 heterocycles. The van der Waals surface area contributed by atoms with Gasteiger partial charge in [-0.2, -0.15) is 0 Å². The van der Waals surface area contributed by atoms with Crippen LogP contribution in [0.15, 0.2) is 102 Å². The number of carbonyl (C=O) groups is 1. The Bertz CT molecular complexity index is 1420. The molecule has 0 aliphatic heterocycles. The lowest BCUT2D eigenvalue weighted by atomic mass is 10.0. The van der Waals surface area contributed by atoms with Gasteiger partial charge in [-0.05, 0) is 23.3 Å². The lowest BCUT2D eigenvalue weighted by Crippen LogP contribution is -2.16. The summed E-state index contributed by atoms with van der Waals surface area (Å²) in [5.74, 6) is 0.370. The van der Waals surface area contributed by atoms with E-state index in [2.05, 4.69) is 9.97 Å². The van der Waals surface area contributed by atoms with Crippen LogP contribution in [-0.2, 0) is 6.54 Å². The predicted molar refractivity (Wildman–Crippen MR) is 119 cm³/mol. The van der Waals surface area contributed by atoms with E-state index in [-0.39, 0.29) is 17.9 Å². The number of carbonyl (C=O) groups excluding carboxylic acids is 1. The maximum absolute atomic E-state index is 12.9. The van der Waals surface area contributed by atoms with Gasteiger partial charge in [-0.3, -0.25) is 19.0 Å². The van der Waals surface area contributed by atoms with Crippen LogP contribution in [0.3, 0.4) is 0 Å². The van der Waals surface area contributed by atoms with Gasteiger partial charge in [0.2, 0.25) is 5.78 Å². The Morgan fingerprint density at radius 2 is 1.52 bits per heavy atom. The molecule has 150 valence electrons. The minimum absolute atomic E-state index is 0.0544. The Kier molecular flexibility index (Phi) is 4.72. The fourth-order valence-electron chi connectivity index (χ4n) is 3.55. The first-order chi connectivity index (χ1) is 15.2. The second-order valence-corrected chi connectivity index (χ2v) is 7.18. The molecule has 0 fully saturated rings. The van der Waals surface area contributed by atoms with Crippen molar-refractivity contribution in [2.75, 3.05) is 0 Å². The maximum atomic E-state index is 12.9. The van der Waals surface area contributed by atoms with Gasteiger partial charge in [0, 0.05) is 42.0 Å². The molecule has 0 aliphatic carbocycles. The van der Waals surface area contributed by atoms with Gasteiger partial charge in [0.05, 0.1) is 12.2 Å². The average Bonchev–Trinajstić information content (AvgIpc) is 3.23. The first-order valence-corrected chi connectivity index (χ1v) is 9.87. The number of nitrogens with zero attached hydrogens (tertiary/aromatic N) is 4. The summed E-state index contributed by atoms with van der Waals surface area (Å²) in [5.41, 5.74) is 3.91. The topological polar surface area (TPSA) is 69.3 Å². The van der Waals surface area contributed by atoms with Crippen LogP contribution in [0.1, 0.15) is 10.4 Å². The molecular formula is C25H18N4O2. The van der Waals surface area contributed by atoms with Gasteiger partial charge in [-0.25, -0.2) is 4.98 Å². The number of aromatic nitrogens is 4. The third kappa shape index (κ3) is 3.67. The summed E-state index contributed by atoms with van der Waals surface area (Å²) in [6.07, 6.45) is 6.64. The average molecular weight is 406 g/mol. The molecule has 31 heavy (non-hydrogen) atoms. The SMILES string of the molecule is O=C(Cn1ccn2c(=O)cc(-c3ccncc3)nc12)c1ccc(-c2ccccc2)cc1. The number of fused-ring (bicyclic) bond motifs is 1. The predicted octanol–water partition coefficient (Wildman–Crippen LogP) is 4.11. The Labute approximate surface area is 178 Å². The first-order valence-electron chi connectivity index (χ1n) is 9.87. The highest BCUT2D eigenvalue weighted by molar-refractivity contribution is 5.96. The largest absolute Gasteiger partial charge is 0.309 e. The van der Waals surface area contributed by atoms with Crippen molar-refractivity contribution in [1.82, 2.24) is 18.9 Å². The van der Waals surface area contributed by atoms with E-state index in [1.54, 1.807) is 41.5 Å². The van der Waals surface area contributed by atoms with E-state index in [1.807, 2.05) is 54.6 Å². The second kappa shape index (κ2) is 7.84. The van der Waals surface area contributed by atoms with Crippen molar-refractivity contribution in [2.24, 2.45) is 0 Å². The van der Waals surface area contributed by atoms with Crippen LogP contribution in [0.4, 0.5) is 0 Å². The number of benzene rings is 2. The van der Waals surface area contributed by atoms with Crippen LogP contribution >= 0.6 is 0 Å². The summed E-state index contributed by atoms with van der Waals surface area (Å²) >= 11 is 0. The summed E-state index contributed by atoms with van der Waals surface area (Å²) in [5, 5.41) is 0. The van der Waals surface area contributed by atoms with Gasteiger partial charge in [-0.1, -0.05) is 54.6 Å².